The Morgan fingerprint density at radius 2 is 2.04 bits per heavy atom. The quantitative estimate of drug-likeness (QED) is 0.635. The number of anilines is 1. The van der Waals surface area contributed by atoms with E-state index in [0.29, 0.717) is 11.3 Å². The summed E-state index contributed by atoms with van der Waals surface area (Å²) < 4.78 is 6.46. The summed E-state index contributed by atoms with van der Waals surface area (Å²) in [6.07, 6.45) is 2.91. The Morgan fingerprint density at radius 1 is 1.26 bits per heavy atom. The summed E-state index contributed by atoms with van der Waals surface area (Å²) in [4.78, 5) is 14.3. The maximum Gasteiger partial charge on any atom is 0.256 e. The van der Waals surface area contributed by atoms with Gasteiger partial charge in [-0.3, -0.25) is 4.79 Å². The lowest BCUT2D eigenvalue weighted by molar-refractivity contribution is 0.0934. The van der Waals surface area contributed by atoms with Crippen molar-refractivity contribution in [2.45, 2.75) is 46.2 Å². The molecule has 1 aliphatic carbocycles. The number of benzene rings is 1. The Kier molecular flexibility index (Phi) is 4.75. The summed E-state index contributed by atoms with van der Waals surface area (Å²) in [6.45, 7) is 6.95. The maximum atomic E-state index is 13.0. The molecular formula is C21H25BrN2O2S. The van der Waals surface area contributed by atoms with Crippen molar-refractivity contribution < 1.29 is 9.53 Å². The normalized spacial score (nSPS) is 21.7. The van der Waals surface area contributed by atoms with E-state index in [-0.39, 0.29) is 12.1 Å². The zero-order valence-electron chi connectivity index (χ0n) is 16.1. The fraction of sp³-hybridized carbons (Fsp3) is 0.476. The van der Waals surface area contributed by atoms with Crippen LogP contribution in [0.1, 0.15) is 59.7 Å². The van der Waals surface area contributed by atoms with Gasteiger partial charge in [0.15, 0.2) is 0 Å². The van der Waals surface area contributed by atoms with Crippen molar-refractivity contribution in [1.29, 1.82) is 0 Å². The first kappa shape index (κ1) is 18.8. The number of amides is 1. The Hall–Kier alpha value is -1.53. The number of carbonyl (C=O) groups excluding carboxylic acids is 1. The van der Waals surface area contributed by atoms with Crippen molar-refractivity contribution in [3.8, 4) is 5.75 Å². The van der Waals surface area contributed by atoms with Crippen LogP contribution in [-0.2, 0) is 12.8 Å². The van der Waals surface area contributed by atoms with Gasteiger partial charge in [-0.1, -0.05) is 36.7 Å². The van der Waals surface area contributed by atoms with Crippen LogP contribution in [0.25, 0.3) is 0 Å². The molecular weight excluding hydrogens is 424 g/mol. The van der Waals surface area contributed by atoms with Gasteiger partial charge in [-0.05, 0) is 54.4 Å². The van der Waals surface area contributed by atoms with E-state index in [1.807, 2.05) is 18.2 Å². The second-order valence-corrected chi connectivity index (χ2v) is 10.5. The molecule has 1 amide bonds. The maximum absolute atomic E-state index is 13.0. The molecule has 144 valence electrons. The molecule has 0 unspecified atom stereocenters. The molecule has 2 atom stereocenters. The van der Waals surface area contributed by atoms with Gasteiger partial charge in [-0.15, -0.1) is 11.3 Å². The molecule has 2 N–H and O–H groups in total. The monoisotopic (exact) mass is 448 g/mol. The van der Waals surface area contributed by atoms with Crippen molar-refractivity contribution >= 4 is 38.2 Å². The Bertz CT molecular complexity index is 900. The van der Waals surface area contributed by atoms with Gasteiger partial charge in [0.25, 0.3) is 5.91 Å². The molecule has 1 aromatic heterocycles. The average molecular weight is 449 g/mol. The molecule has 2 aliphatic rings. The summed E-state index contributed by atoms with van der Waals surface area (Å²) in [5.41, 5.74) is 3.32. The van der Waals surface area contributed by atoms with Gasteiger partial charge in [0.05, 0.1) is 12.7 Å². The fourth-order valence-electron chi connectivity index (χ4n) is 4.12. The molecule has 0 saturated heterocycles. The molecule has 6 heteroatoms. The smallest absolute Gasteiger partial charge is 0.256 e. The lowest BCUT2D eigenvalue weighted by atomic mass is 9.72. The molecule has 1 aliphatic heterocycles. The van der Waals surface area contributed by atoms with Gasteiger partial charge in [0.1, 0.15) is 16.9 Å². The zero-order valence-corrected chi connectivity index (χ0v) is 18.5. The minimum absolute atomic E-state index is 0.0162. The van der Waals surface area contributed by atoms with Crippen molar-refractivity contribution in [3.63, 3.8) is 0 Å². The average Bonchev–Trinajstić information content (AvgIpc) is 2.98. The fourth-order valence-corrected chi connectivity index (χ4v) is 5.86. The van der Waals surface area contributed by atoms with Crippen LogP contribution in [0.2, 0.25) is 0 Å². The zero-order chi connectivity index (χ0) is 19.3. The van der Waals surface area contributed by atoms with Crippen LogP contribution < -0.4 is 15.4 Å². The molecule has 4 nitrogen and oxygen atoms in total. The van der Waals surface area contributed by atoms with E-state index < -0.39 is 0 Å². The number of ether oxygens (including phenoxy) is 1. The van der Waals surface area contributed by atoms with Crippen molar-refractivity contribution in [1.82, 2.24) is 5.32 Å². The van der Waals surface area contributed by atoms with E-state index in [1.54, 1.807) is 18.4 Å². The van der Waals surface area contributed by atoms with Gasteiger partial charge in [-0.25, -0.2) is 0 Å². The number of thiophene rings is 1. The molecule has 0 spiro atoms. The van der Waals surface area contributed by atoms with E-state index in [4.69, 9.17) is 4.74 Å². The number of fused-ring (bicyclic) bond motifs is 3. The standard InChI is InChI=1S/C21H25BrN2O2S/c1-21(2,3)11-5-7-13-16(9-11)27-20-17(13)19(25)23-18(24-20)14-10-12(22)6-8-15(14)26-4/h6,8,10-11,18,24H,5,7,9H2,1-4H3,(H,23,25)/t11-,18+/m1/s1. The highest BCUT2D eigenvalue weighted by molar-refractivity contribution is 9.10. The first-order valence-corrected chi connectivity index (χ1v) is 10.9. The number of methoxy groups -OCH3 is 1. The second kappa shape index (κ2) is 6.82. The van der Waals surface area contributed by atoms with Crippen LogP contribution >= 0.6 is 27.3 Å². The van der Waals surface area contributed by atoms with E-state index in [0.717, 1.165) is 45.6 Å². The Morgan fingerprint density at radius 3 is 2.74 bits per heavy atom. The summed E-state index contributed by atoms with van der Waals surface area (Å²) in [6, 6.07) is 5.84. The molecule has 1 aromatic carbocycles. The highest BCUT2D eigenvalue weighted by Crippen LogP contribution is 2.46. The molecule has 0 radical (unpaired) electrons. The number of halogens is 1. The number of nitrogens with one attached hydrogen (secondary N) is 2. The summed E-state index contributed by atoms with van der Waals surface area (Å²) >= 11 is 5.27. The van der Waals surface area contributed by atoms with E-state index in [9.17, 15) is 4.79 Å². The van der Waals surface area contributed by atoms with Crippen LogP contribution in [0.4, 0.5) is 5.00 Å². The summed E-state index contributed by atoms with van der Waals surface area (Å²) in [5.74, 6) is 1.44. The first-order chi connectivity index (χ1) is 12.8. The molecule has 4 rings (SSSR count). The van der Waals surface area contributed by atoms with Crippen LogP contribution in [0.5, 0.6) is 5.75 Å². The number of hydrogen-bond acceptors (Lipinski definition) is 4. The van der Waals surface area contributed by atoms with Gasteiger partial charge in [0.2, 0.25) is 0 Å². The first-order valence-electron chi connectivity index (χ1n) is 9.33. The van der Waals surface area contributed by atoms with Gasteiger partial charge in [-0.2, -0.15) is 0 Å². The SMILES string of the molecule is COc1ccc(Br)cc1[C@H]1NC(=O)c2c(sc3c2CC[C@@H](C(C)(C)C)C3)N1. The van der Waals surface area contributed by atoms with Crippen LogP contribution in [0.15, 0.2) is 22.7 Å². The van der Waals surface area contributed by atoms with Crippen LogP contribution in [0.3, 0.4) is 0 Å². The van der Waals surface area contributed by atoms with Crippen LogP contribution in [-0.4, -0.2) is 13.0 Å². The molecule has 27 heavy (non-hydrogen) atoms. The minimum Gasteiger partial charge on any atom is -0.496 e. The predicted molar refractivity (Wildman–Crippen MR) is 114 cm³/mol. The number of hydrogen-bond donors (Lipinski definition) is 2. The lowest BCUT2D eigenvalue weighted by Gasteiger charge is -2.34. The van der Waals surface area contributed by atoms with E-state index in [1.165, 1.54) is 10.4 Å². The second-order valence-electron chi connectivity index (χ2n) is 8.45. The summed E-state index contributed by atoms with van der Waals surface area (Å²) in [7, 11) is 1.65. The van der Waals surface area contributed by atoms with Gasteiger partial charge in [0, 0.05) is 14.9 Å². The molecule has 2 heterocycles. The van der Waals surface area contributed by atoms with Crippen molar-refractivity contribution in [3.05, 3.63) is 44.2 Å². The number of carbonyl (C=O) groups is 1. The molecule has 2 aromatic rings. The topological polar surface area (TPSA) is 50.4 Å². The Labute approximate surface area is 172 Å². The largest absolute Gasteiger partial charge is 0.496 e. The highest BCUT2D eigenvalue weighted by Gasteiger charge is 2.37. The molecule has 0 saturated carbocycles. The molecule has 0 bridgehead atoms. The number of rotatable bonds is 2. The highest BCUT2D eigenvalue weighted by atomic mass is 79.9. The third kappa shape index (κ3) is 3.38. The van der Waals surface area contributed by atoms with E-state index in [2.05, 4.69) is 47.3 Å². The van der Waals surface area contributed by atoms with E-state index >= 15 is 0 Å². The van der Waals surface area contributed by atoms with Crippen LogP contribution in [0, 0.1) is 11.3 Å². The van der Waals surface area contributed by atoms with Crippen molar-refractivity contribution in [2.24, 2.45) is 11.3 Å². The molecule has 0 fully saturated rings. The third-order valence-electron chi connectivity index (χ3n) is 5.77. The summed E-state index contributed by atoms with van der Waals surface area (Å²) in [5, 5.41) is 7.66. The third-order valence-corrected chi connectivity index (χ3v) is 7.45. The van der Waals surface area contributed by atoms with Crippen molar-refractivity contribution in [2.75, 3.05) is 12.4 Å². The van der Waals surface area contributed by atoms with Gasteiger partial charge >= 0.3 is 0 Å². The van der Waals surface area contributed by atoms with Gasteiger partial charge < -0.3 is 15.4 Å². The lowest BCUT2D eigenvalue weighted by Crippen LogP contribution is -2.38. The minimum atomic E-state index is -0.295. The Balaban J connectivity index is 1.68. The predicted octanol–water partition coefficient (Wildman–Crippen LogP) is 5.52.